The van der Waals surface area contributed by atoms with Gasteiger partial charge in [-0.3, -0.25) is 4.79 Å². The van der Waals surface area contributed by atoms with E-state index >= 15 is 0 Å². The van der Waals surface area contributed by atoms with Gasteiger partial charge < -0.3 is 10.3 Å². The normalized spacial score (nSPS) is 11.2. The summed E-state index contributed by atoms with van der Waals surface area (Å²) in [5.41, 5.74) is 7.71. The molecule has 0 fully saturated rings. The quantitative estimate of drug-likeness (QED) is 0.608. The maximum Gasteiger partial charge on any atom is 0.250 e. The second kappa shape index (κ2) is 5.49. The van der Waals surface area contributed by atoms with Crippen LogP contribution in [-0.4, -0.2) is 10.5 Å². The zero-order valence-electron chi connectivity index (χ0n) is 12.9. The van der Waals surface area contributed by atoms with Crippen LogP contribution in [-0.2, 0) is 6.54 Å². The number of nitrogens with zero attached hydrogens (tertiary/aromatic N) is 1. The highest BCUT2D eigenvalue weighted by Gasteiger charge is 2.14. The van der Waals surface area contributed by atoms with Gasteiger partial charge in [0, 0.05) is 23.6 Å². The van der Waals surface area contributed by atoms with Crippen LogP contribution in [0.2, 0.25) is 0 Å². The summed E-state index contributed by atoms with van der Waals surface area (Å²) in [7, 11) is 0. The third-order valence-electron chi connectivity index (χ3n) is 4.33. The topological polar surface area (TPSA) is 48.0 Å². The number of primary amides is 1. The molecular formula is C20H15FN2O. The Morgan fingerprint density at radius 2 is 1.79 bits per heavy atom. The highest BCUT2D eigenvalue weighted by molar-refractivity contribution is 6.06. The van der Waals surface area contributed by atoms with Gasteiger partial charge in [0.15, 0.2) is 0 Å². The van der Waals surface area contributed by atoms with Crippen molar-refractivity contribution in [1.82, 2.24) is 4.57 Å². The summed E-state index contributed by atoms with van der Waals surface area (Å²) >= 11 is 0. The Bertz CT molecular complexity index is 1080. The summed E-state index contributed by atoms with van der Waals surface area (Å²) < 4.78 is 15.5. The number of carbonyl (C=O) groups is 1. The Morgan fingerprint density at radius 3 is 2.62 bits per heavy atom. The molecule has 1 amide bonds. The van der Waals surface area contributed by atoms with Gasteiger partial charge in [-0.2, -0.15) is 0 Å². The molecule has 0 unspecified atom stereocenters. The van der Waals surface area contributed by atoms with Crippen molar-refractivity contribution in [2.75, 3.05) is 0 Å². The van der Waals surface area contributed by atoms with Gasteiger partial charge in [0.2, 0.25) is 0 Å². The molecule has 0 aliphatic heterocycles. The number of benzene rings is 3. The van der Waals surface area contributed by atoms with Crippen molar-refractivity contribution in [3.63, 3.8) is 0 Å². The Labute approximate surface area is 138 Å². The predicted molar refractivity (Wildman–Crippen MR) is 93.5 cm³/mol. The number of amides is 1. The Morgan fingerprint density at radius 1 is 1.00 bits per heavy atom. The van der Waals surface area contributed by atoms with E-state index in [-0.39, 0.29) is 5.82 Å². The molecule has 4 aromatic rings. The van der Waals surface area contributed by atoms with Crippen molar-refractivity contribution in [2.24, 2.45) is 5.73 Å². The molecule has 0 spiro atoms. The van der Waals surface area contributed by atoms with Crippen molar-refractivity contribution in [1.29, 1.82) is 0 Å². The van der Waals surface area contributed by atoms with Gasteiger partial charge in [-0.15, -0.1) is 0 Å². The van der Waals surface area contributed by atoms with E-state index < -0.39 is 5.91 Å². The van der Waals surface area contributed by atoms with Crippen molar-refractivity contribution in [2.45, 2.75) is 6.54 Å². The molecule has 0 radical (unpaired) electrons. The summed E-state index contributed by atoms with van der Waals surface area (Å²) in [6, 6.07) is 18.7. The van der Waals surface area contributed by atoms with Crippen LogP contribution in [0.4, 0.5) is 4.39 Å². The van der Waals surface area contributed by atoms with E-state index in [1.807, 2.05) is 22.8 Å². The van der Waals surface area contributed by atoms with Gasteiger partial charge in [0.25, 0.3) is 5.91 Å². The number of hydrogen-bond donors (Lipinski definition) is 1. The minimum atomic E-state index is -0.553. The fraction of sp³-hybridized carbons (Fsp3) is 0.0500. The molecule has 4 rings (SSSR count). The van der Waals surface area contributed by atoms with E-state index in [2.05, 4.69) is 24.3 Å². The second-order valence-corrected chi connectivity index (χ2v) is 5.83. The molecular weight excluding hydrogens is 303 g/mol. The number of rotatable bonds is 3. The predicted octanol–water partition coefficient (Wildman–Crippen LogP) is 4.08. The van der Waals surface area contributed by atoms with Gasteiger partial charge in [0.1, 0.15) is 5.82 Å². The fourth-order valence-corrected chi connectivity index (χ4v) is 3.21. The zero-order valence-corrected chi connectivity index (χ0v) is 12.9. The average molecular weight is 318 g/mol. The lowest BCUT2D eigenvalue weighted by molar-refractivity contribution is 0.100. The Kier molecular flexibility index (Phi) is 3.31. The molecule has 0 aliphatic carbocycles. The van der Waals surface area contributed by atoms with Crippen molar-refractivity contribution in [3.05, 3.63) is 83.8 Å². The molecule has 0 saturated carbocycles. The lowest BCUT2D eigenvalue weighted by Gasteiger charge is -2.09. The summed E-state index contributed by atoms with van der Waals surface area (Å²) in [4.78, 5) is 11.7. The second-order valence-electron chi connectivity index (χ2n) is 5.83. The van der Waals surface area contributed by atoms with E-state index in [9.17, 15) is 9.18 Å². The van der Waals surface area contributed by atoms with Gasteiger partial charge >= 0.3 is 0 Å². The fourth-order valence-electron chi connectivity index (χ4n) is 3.21. The van der Waals surface area contributed by atoms with Crippen LogP contribution in [0, 0.1) is 5.82 Å². The standard InChI is InChI=1S/C20H15FN2O/c21-15-8-9-19-17(10-15)18(20(22)24)12-23(19)11-14-6-3-5-13-4-1-2-7-16(13)14/h1-10,12H,11H2,(H2,22,24). The molecule has 3 nitrogen and oxygen atoms in total. The van der Waals surface area contributed by atoms with Crippen LogP contribution in [0.15, 0.2) is 66.9 Å². The molecule has 0 aliphatic rings. The van der Waals surface area contributed by atoms with E-state index in [1.165, 1.54) is 12.1 Å². The molecule has 1 heterocycles. The minimum absolute atomic E-state index is 0.338. The highest BCUT2D eigenvalue weighted by Crippen LogP contribution is 2.25. The lowest BCUT2D eigenvalue weighted by atomic mass is 10.0. The average Bonchev–Trinajstić information content (AvgIpc) is 2.93. The van der Waals surface area contributed by atoms with Crippen molar-refractivity contribution in [3.8, 4) is 0 Å². The smallest absolute Gasteiger partial charge is 0.250 e. The number of hydrogen-bond acceptors (Lipinski definition) is 1. The van der Waals surface area contributed by atoms with Crippen LogP contribution in [0.3, 0.4) is 0 Å². The van der Waals surface area contributed by atoms with Crippen molar-refractivity contribution < 1.29 is 9.18 Å². The van der Waals surface area contributed by atoms with Crippen LogP contribution >= 0.6 is 0 Å². The largest absolute Gasteiger partial charge is 0.366 e. The van der Waals surface area contributed by atoms with Crippen LogP contribution in [0.1, 0.15) is 15.9 Å². The Hall–Kier alpha value is -3.14. The minimum Gasteiger partial charge on any atom is -0.366 e. The maximum atomic E-state index is 13.6. The van der Waals surface area contributed by atoms with E-state index in [0.717, 1.165) is 21.9 Å². The first-order valence-corrected chi connectivity index (χ1v) is 7.68. The molecule has 118 valence electrons. The van der Waals surface area contributed by atoms with Gasteiger partial charge in [-0.25, -0.2) is 4.39 Å². The van der Waals surface area contributed by atoms with Crippen LogP contribution < -0.4 is 5.73 Å². The zero-order chi connectivity index (χ0) is 16.7. The Balaban J connectivity index is 1.89. The molecule has 0 saturated heterocycles. The van der Waals surface area contributed by atoms with Crippen LogP contribution in [0.5, 0.6) is 0 Å². The first-order chi connectivity index (χ1) is 11.6. The van der Waals surface area contributed by atoms with E-state index in [4.69, 9.17) is 5.73 Å². The van der Waals surface area contributed by atoms with Gasteiger partial charge in [-0.05, 0) is 34.5 Å². The lowest BCUT2D eigenvalue weighted by Crippen LogP contribution is -2.10. The summed E-state index contributed by atoms with van der Waals surface area (Å²) in [6.07, 6.45) is 1.70. The van der Waals surface area contributed by atoms with E-state index in [1.54, 1.807) is 12.3 Å². The molecule has 4 heteroatoms. The van der Waals surface area contributed by atoms with Crippen LogP contribution in [0.25, 0.3) is 21.7 Å². The molecule has 2 N–H and O–H groups in total. The monoisotopic (exact) mass is 318 g/mol. The van der Waals surface area contributed by atoms with Gasteiger partial charge in [-0.1, -0.05) is 42.5 Å². The third-order valence-corrected chi connectivity index (χ3v) is 4.33. The number of aromatic nitrogens is 1. The maximum absolute atomic E-state index is 13.6. The number of halogens is 1. The van der Waals surface area contributed by atoms with E-state index in [0.29, 0.717) is 17.5 Å². The first kappa shape index (κ1) is 14.5. The molecule has 1 aromatic heterocycles. The summed E-state index contributed by atoms with van der Waals surface area (Å²) in [6.45, 7) is 0.580. The van der Waals surface area contributed by atoms with Crippen molar-refractivity contribution >= 4 is 27.6 Å². The molecule has 24 heavy (non-hydrogen) atoms. The number of nitrogens with two attached hydrogens (primary N) is 1. The first-order valence-electron chi connectivity index (χ1n) is 7.68. The SMILES string of the molecule is NC(=O)c1cn(Cc2cccc3ccccc23)c2ccc(F)cc12. The molecule has 3 aromatic carbocycles. The summed E-state index contributed by atoms with van der Waals surface area (Å²) in [5.74, 6) is -0.935. The molecule has 0 atom stereocenters. The summed E-state index contributed by atoms with van der Waals surface area (Å²) in [5, 5.41) is 2.86. The third kappa shape index (κ3) is 2.33. The number of carbonyl (C=O) groups excluding carboxylic acids is 1. The molecule has 0 bridgehead atoms. The van der Waals surface area contributed by atoms with Gasteiger partial charge in [0.05, 0.1) is 5.56 Å². The number of fused-ring (bicyclic) bond motifs is 2. The highest BCUT2D eigenvalue weighted by atomic mass is 19.1.